The average molecular weight is 465 g/mol. The molecule has 0 aliphatic heterocycles. The van der Waals surface area contributed by atoms with Gasteiger partial charge in [-0.2, -0.15) is 0 Å². The van der Waals surface area contributed by atoms with Crippen LogP contribution in [-0.2, 0) is 16.1 Å². The van der Waals surface area contributed by atoms with Crippen LogP contribution < -0.4 is 10.1 Å². The van der Waals surface area contributed by atoms with E-state index in [-0.39, 0.29) is 31.0 Å². The Morgan fingerprint density at radius 3 is 2.45 bits per heavy atom. The molecular formula is C24H30Cl2N2O3. The minimum absolute atomic E-state index is 0.0381. The normalized spacial score (nSPS) is 11.9. The molecule has 0 spiro atoms. The van der Waals surface area contributed by atoms with Gasteiger partial charge in [0.2, 0.25) is 5.91 Å². The number of nitrogens with zero attached hydrogens (tertiary/aromatic N) is 1. The number of amides is 2. The Balaban J connectivity index is 2.29. The van der Waals surface area contributed by atoms with Crippen LogP contribution in [-0.4, -0.2) is 35.4 Å². The molecule has 0 aliphatic carbocycles. The average Bonchev–Trinajstić information content (AvgIpc) is 2.69. The molecule has 0 saturated heterocycles. The summed E-state index contributed by atoms with van der Waals surface area (Å²) >= 11 is 12.4. The lowest BCUT2D eigenvalue weighted by Gasteiger charge is -2.31. The van der Waals surface area contributed by atoms with Crippen molar-refractivity contribution < 1.29 is 14.3 Å². The van der Waals surface area contributed by atoms with Crippen LogP contribution in [0.2, 0.25) is 10.0 Å². The molecule has 0 bridgehead atoms. The standard InChI is InChI=1S/C24H30Cl2N2O3/c1-6-21(24(30)27-15(2)3)28(13-18-10-11-19(25)12-20(18)26)23(29)14-31-22-9-7-8-16(4)17(22)5/h7-12,15,21H,6,13-14H2,1-5H3,(H,27,30)/t21-/m0/s1. The van der Waals surface area contributed by atoms with E-state index in [0.29, 0.717) is 27.8 Å². The summed E-state index contributed by atoms with van der Waals surface area (Å²) in [4.78, 5) is 27.6. The van der Waals surface area contributed by atoms with E-state index in [1.54, 1.807) is 18.2 Å². The van der Waals surface area contributed by atoms with Crippen LogP contribution >= 0.6 is 23.2 Å². The van der Waals surface area contributed by atoms with Gasteiger partial charge >= 0.3 is 0 Å². The maximum Gasteiger partial charge on any atom is 0.261 e. The van der Waals surface area contributed by atoms with Gasteiger partial charge < -0.3 is 15.0 Å². The first-order valence-corrected chi connectivity index (χ1v) is 11.1. The van der Waals surface area contributed by atoms with Gasteiger partial charge in [0.25, 0.3) is 5.91 Å². The Labute approximate surface area is 194 Å². The molecule has 0 radical (unpaired) electrons. The van der Waals surface area contributed by atoms with Gasteiger partial charge in [-0.1, -0.05) is 48.3 Å². The largest absolute Gasteiger partial charge is 0.483 e. The molecule has 2 aromatic rings. The van der Waals surface area contributed by atoms with E-state index in [1.165, 1.54) is 4.90 Å². The van der Waals surface area contributed by atoms with E-state index in [0.717, 1.165) is 11.1 Å². The van der Waals surface area contributed by atoms with Crippen molar-refractivity contribution in [3.63, 3.8) is 0 Å². The second kappa shape index (κ2) is 11.4. The molecule has 0 aliphatic rings. The maximum atomic E-state index is 13.2. The fourth-order valence-electron chi connectivity index (χ4n) is 3.24. The Morgan fingerprint density at radius 2 is 1.84 bits per heavy atom. The summed E-state index contributed by atoms with van der Waals surface area (Å²) < 4.78 is 5.83. The predicted octanol–water partition coefficient (Wildman–Crippen LogP) is 5.32. The zero-order valence-corrected chi connectivity index (χ0v) is 20.2. The molecule has 2 amide bonds. The molecule has 168 valence electrons. The van der Waals surface area contributed by atoms with Crippen molar-refractivity contribution in [3.05, 3.63) is 63.1 Å². The van der Waals surface area contributed by atoms with Crippen LogP contribution in [0.3, 0.4) is 0 Å². The molecule has 0 saturated carbocycles. The molecule has 0 heterocycles. The third-order valence-corrected chi connectivity index (χ3v) is 5.67. The molecule has 2 aromatic carbocycles. The number of benzene rings is 2. The number of halogens is 2. The van der Waals surface area contributed by atoms with Crippen molar-refractivity contribution in [2.75, 3.05) is 6.61 Å². The van der Waals surface area contributed by atoms with E-state index in [4.69, 9.17) is 27.9 Å². The first kappa shape index (κ1) is 25.0. The third kappa shape index (κ3) is 6.88. The van der Waals surface area contributed by atoms with Crippen LogP contribution in [0.25, 0.3) is 0 Å². The second-order valence-electron chi connectivity index (χ2n) is 7.83. The molecule has 31 heavy (non-hydrogen) atoms. The molecule has 1 N–H and O–H groups in total. The zero-order valence-electron chi connectivity index (χ0n) is 18.7. The van der Waals surface area contributed by atoms with Crippen molar-refractivity contribution in [1.82, 2.24) is 10.2 Å². The van der Waals surface area contributed by atoms with E-state index >= 15 is 0 Å². The summed E-state index contributed by atoms with van der Waals surface area (Å²) in [5.41, 5.74) is 2.77. The molecule has 0 fully saturated rings. The summed E-state index contributed by atoms with van der Waals surface area (Å²) in [7, 11) is 0. The van der Waals surface area contributed by atoms with Crippen LogP contribution in [0.1, 0.15) is 43.9 Å². The van der Waals surface area contributed by atoms with Crippen molar-refractivity contribution in [2.24, 2.45) is 0 Å². The molecule has 2 rings (SSSR count). The summed E-state index contributed by atoms with van der Waals surface area (Å²) in [6, 6.07) is 10.1. The Hall–Kier alpha value is -2.24. The van der Waals surface area contributed by atoms with E-state index in [1.807, 2.05) is 52.8 Å². The fraction of sp³-hybridized carbons (Fsp3) is 0.417. The highest BCUT2D eigenvalue weighted by atomic mass is 35.5. The van der Waals surface area contributed by atoms with Crippen molar-refractivity contribution in [1.29, 1.82) is 0 Å². The Bertz CT molecular complexity index is 931. The number of rotatable bonds is 9. The van der Waals surface area contributed by atoms with Gasteiger partial charge in [0.15, 0.2) is 6.61 Å². The third-order valence-electron chi connectivity index (χ3n) is 5.08. The van der Waals surface area contributed by atoms with Crippen molar-refractivity contribution in [2.45, 2.75) is 59.7 Å². The lowest BCUT2D eigenvalue weighted by molar-refractivity contribution is -0.143. The number of aryl methyl sites for hydroxylation is 1. The quantitative estimate of drug-likeness (QED) is 0.545. The summed E-state index contributed by atoms with van der Waals surface area (Å²) in [5, 5.41) is 3.85. The number of ether oxygens (including phenoxy) is 1. The molecule has 0 unspecified atom stereocenters. The lowest BCUT2D eigenvalue weighted by Crippen LogP contribution is -2.51. The highest BCUT2D eigenvalue weighted by molar-refractivity contribution is 6.35. The minimum Gasteiger partial charge on any atom is -0.483 e. The molecular weight excluding hydrogens is 435 g/mol. The summed E-state index contributed by atoms with van der Waals surface area (Å²) in [5.74, 6) is 0.151. The highest BCUT2D eigenvalue weighted by Crippen LogP contribution is 2.25. The monoisotopic (exact) mass is 464 g/mol. The number of hydrogen-bond donors (Lipinski definition) is 1. The van der Waals surface area contributed by atoms with Crippen LogP contribution in [0, 0.1) is 13.8 Å². The maximum absolute atomic E-state index is 13.2. The van der Waals surface area contributed by atoms with Gasteiger partial charge in [0.1, 0.15) is 11.8 Å². The molecule has 0 aromatic heterocycles. The van der Waals surface area contributed by atoms with Crippen LogP contribution in [0.4, 0.5) is 0 Å². The fourth-order valence-corrected chi connectivity index (χ4v) is 3.70. The van der Waals surface area contributed by atoms with Gasteiger partial charge in [-0.15, -0.1) is 0 Å². The van der Waals surface area contributed by atoms with Crippen molar-refractivity contribution in [3.8, 4) is 5.75 Å². The SMILES string of the molecule is CC[C@@H](C(=O)NC(C)C)N(Cc1ccc(Cl)cc1Cl)C(=O)COc1cccc(C)c1C. The summed E-state index contributed by atoms with van der Waals surface area (Å²) in [6.07, 6.45) is 0.457. The van der Waals surface area contributed by atoms with E-state index in [9.17, 15) is 9.59 Å². The molecule has 1 atom stereocenters. The number of carbonyl (C=O) groups is 2. The predicted molar refractivity (Wildman–Crippen MR) is 126 cm³/mol. The smallest absolute Gasteiger partial charge is 0.261 e. The number of hydrogen-bond acceptors (Lipinski definition) is 3. The van der Waals surface area contributed by atoms with Gasteiger partial charge in [0, 0.05) is 22.6 Å². The molecule has 5 nitrogen and oxygen atoms in total. The number of carbonyl (C=O) groups excluding carboxylic acids is 2. The first-order chi connectivity index (χ1) is 14.6. The second-order valence-corrected chi connectivity index (χ2v) is 8.68. The van der Waals surface area contributed by atoms with E-state index < -0.39 is 6.04 Å². The Kier molecular flexibility index (Phi) is 9.20. The number of nitrogens with one attached hydrogen (secondary N) is 1. The lowest BCUT2D eigenvalue weighted by atomic mass is 10.1. The van der Waals surface area contributed by atoms with Gasteiger partial charge in [-0.05, 0) is 69.0 Å². The highest BCUT2D eigenvalue weighted by Gasteiger charge is 2.29. The van der Waals surface area contributed by atoms with E-state index in [2.05, 4.69) is 5.32 Å². The topological polar surface area (TPSA) is 58.6 Å². The minimum atomic E-state index is -0.649. The van der Waals surface area contributed by atoms with Crippen LogP contribution in [0.15, 0.2) is 36.4 Å². The van der Waals surface area contributed by atoms with Crippen LogP contribution in [0.5, 0.6) is 5.75 Å². The molecule has 7 heteroatoms. The Morgan fingerprint density at radius 1 is 1.13 bits per heavy atom. The van der Waals surface area contributed by atoms with Gasteiger partial charge in [-0.25, -0.2) is 0 Å². The van der Waals surface area contributed by atoms with Gasteiger partial charge in [0.05, 0.1) is 0 Å². The summed E-state index contributed by atoms with van der Waals surface area (Å²) in [6.45, 7) is 9.58. The van der Waals surface area contributed by atoms with Crippen molar-refractivity contribution >= 4 is 35.0 Å². The van der Waals surface area contributed by atoms with Gasteiger partial charge in [-0.3, -0.25) is 9.59 Å². The first-order valence-electron chi connectivity index (χ1n) is 10.4. The zero-order chi connectivity index (χ0) is 23.1.